The first-order valence-electron chi connectivity index (χ1n) is 5.30. The Morgan fingerprint density at radius 3 is 2.87 bits per heavy atom. The van der Waals surface area contributed by atoms with Gasteiger partial charge < -0.3 is 11.1 Å². The van der Waals surface area contributed by atoms with Crippen LogP contribution in [0.3, 0.4) is 0 Å². The van der Waals surface area contributed by atoms with E-state index in [0.29, 0.717) is 12.0 Å². The van der Waals surface area contributed by atoms with Gasteiger partial charge in [-0.2, -0.15) is 0 Å². The molecule has 0 radical (unpaired) electrons. The zero-order valence-electron chi connectivity index (χ0n) is 8.69. The summed E-state index contributed by atoms with van der Waals surface area (Å²) in [6.07, 6.45) is 6.95. The molecule has 4 nitrogen and oxygen atoms in total. The first-order valence-corrected chi connectivity index (χ1v) is 5.30. The van der Waals surface area contributed by atoms with E-state index in [1.165, 1.54) is 18.4 Å². The van der Waals surface area contributed by atoms with Gasteiger partial charge in [0.15, 0.2) is 5.96 Å². The van der Waals surface area contributed by atoms with Crippen molar-refractivity contribution in [1.82, 2.24) is 10.3 Å². The van der Waals surface area contributed by atoms with Gasteiger partial charge in [-0.1, -0.05) is 0 Å². The van der Waals surface area contributed by atoms with Gasteiger partial charge in [-0.3, -0.25) is 9.98 Å². The van der Waals surface area contributed by atoms with Gasteiger partial charge in [-0.25, -0.2) is 0 Å². The van der Waals surface area contributed by atoms with Gasteiger partial charge >= 0.3 is 0 Å². The van der Waals surface area contributed by atoms with E-state index in [-0.39, 0.29) is 0 Å². The number of aliphatic imine (C=N–C) groups is 1. The van der Waals surface area contributed by atoms with E-state index in [2.05, 4.69) is 15.3 Å². The van der Waals surface area contributed by atoms with Crippen molar-refractivity contribution in [3.05, 3.63) is 30.1 Å². The lowest BCUT2D eigenvalue weighted by atomic mass is 10.2. The average molecular weight is 204 g/mol. The van der Waals surface area contributed by atoms with Crippen LogP contribution in [-0.2, 0) is 6.42 Å². The number of hydrogen-bond acceptors (Lipinski definition) is 2. The number of nitrogens with two attached hydrogens (primary N) is 1. The Morgan fingerprint density at radius 1 is 1.47 bits per heavy atom. The minimum atomic E-state index is 0.576. The minimum absolute atomic E-state index is 0.576. The summed E-state index contributed by atoms with van der Waals surface area (Å²) in [5.41, 5.74) is 6.95. The normalized spacial score (nSPS) is 16.4. The number of aromatic nitrogens is 1. The van der Waals surface area contributed by atoms with E-state index in [9.17, 15) is 0 Å². The first-order chi connectivity index (χ1) is 7.34. The lowest BCUT2D eigenvalue weighted by molar-refractivity contribution is 0.869. The molecule has 1 heterocycles. The Labute approximate surface area is 89.6 Å². The summed E-state index contributed by atoms with van der Waals surface area (Å²) >= 11 is 0. The predicted octanol–water partition coefficient (Wildman–Crippen LogP) is 0.691. The maximum atomic E-state index is 5.71. The molecule has 1 saturated carbocycles. The van der Waals surface area contributed by atoms with Gasteiger partial charge in [0.25, 0.3) is 0 Å². The van der Waals surface area contributed by atoms with Crippen molar-refractivity contribution in [2.45, 2.75) is 25.3 Å². The molecular formula is C11H16N4. The molecule has 3 N–H and O–H groups in total. The Balaban J connectivity index is 1.73. The maximum Gasteiger partial charge on any atom is 0.188 e. The summed E-state index contributed by atoms with van der Waals surface area (Å²) in [6, 6.07) is 4.58. The number of nitrogens with zero attached hydrogens (tertiary/aromatic N) is 2. The summed E-state index contributed by atoms with van der Waals surface area (Å²) < 4.78 is 0. The van der Waals surface area contributed by atoms with Crippen molar-refractivity contribution in [3.63, 3.8) is 0 Å². The van der Waals surface area contributed by atoms with E-state index in [1.54, 1.807) is 12.4 Å². The van der Waals surface area contributed by atoms with Gasteiger partial charge in [0.05, 0.1) is 0 Å². The van der Waals surface area contributed by atoms with Crippen molar-refractivity contribution in [2.24, 2.45) is 10.7 Å². The second-order valence-electron chi connectivity index (χ2n) is 3.79. The predicted molar refractivity (Wildman–Crippen MR) is 60.6 cm³/mol. The molecule has 1 aromatic rings. The third-order valence-corrected chi connectivity index (χ3v) is 2.36. The fourth-order valence-corrected chi connectivity index (χ4v) is 1.34. The van der Waals surface area contributed by atoms with E-state index in [1.807, 2.05) is 12.1 Å². The van der Waals surface area contributed by atoms with Gasteiger partial charge in [-0.05, 0) is 37.0 Å². The smallest absolute Gasteiger partial charge is 0.188 e. The van der Waals surface area contributed by atoms with Crippen LogP contribution in [0.4, 0.5) is 0 Å². The summed E-state index contributed by atoms with van der Waals surface area (Å²) in [7, 11) is 0. The van der Waals surface area contributed by atoms with Gasteiger partial charge in [0.1, 0.15) is 0 Å². The monoisotopic (exact) mass is 204 g/mol. The highest BCUT2D eigenvalue weighted by molar-refractivity contribution is 5.78. The van der Waals surface area contributed by atoms with E-state index < -0.39 is 0 Å². The minimum Gasteiger partial charge on any atom is -0.370 e. The first kappa shape index (κ1) is 9.96. The summed E-state index contributed by atoms with van der Waals surface area (Å²) in [6.45, 7) is 0.732. The van der Waals surface area contributed by atoms with Crippen LogP contribution in [0, 0.1) is 0 Å². The van der Waals surface area contributed by atoms with Gasteiger partial charge in [0, 0.05) is 25.0 Å². The largest absolute Gasteiger partial charge is 0.370 e. The zero-order chi connectivity index (χ0) is 10.5. The van der Waals surface area contributed by atoms with Crippen molar-refractivity contribution in [3.8, 4) is 0 Å². The molecule has 1 aliphatic rings. The molecule has 1 aliphatic carbocycles. The zero-order valence-corrected chi connectivity index (χ0v) is 8.69. The SMILES string of the molecule is NC(=NCCc1ccncc1)NC1CC1. The highest BCUT2D eigenvalue weighted by atomic mass is 15.1. The molecule has 0 bridgehead atoms. The van der Waals surface area contributed by atoms with E-state index >= 15 is 0 Å². The van der Waals surface area contributed by atoms with Crippen LogP contribution in [-0.4, -0.2) is 23.5 Å². The Bertz CT molecular complexity index is 330. The Morgan fingerprint density at radius 2 is 2.20 bits per heavy atom. The van der Waals surface area contributed by atoms with Crippen LogP contribution >= 0.6 is 0 Å². The van der Waals surface area contributed by atoms with Crippen LogP contribution in [0.15, 0.2) is 29.5 Å². The maximum absolute atomic E-state index is 5.71. The molecule has 0 saturated heterocycles. The topological polar surface area (TPSA) is 63.3 Å². The molecule has 0 amide bonds. The highest BCUT2D eigenvalue weighted by Crippen LogP contribution is 2.17. The van der Waals surface area contributed by atoms with Crippen molar-refractivity contribution in [2.75, 3.05) is 6.54 Å². The number of guanidine groups is 1. The second-order valence-corrected chi connectivity index (χ2v) is 3.79. The molecular weight excluding hydrogens is 188 g/mol. The number of nitrogens with one attached hydrogen (secondary N) is 1. The molecule has 0 spiro atoms. The molecule has 0 atom stereocenters. The summed E-state index contributed by atoms with van der Waals surface area (Å²) in [5.74, 6) is 0.576. The number of hydrogen-bond donors (Lipinski definition) is 2. The van der Waals surface area contributed by atoms with Crippen LogP contribution in [0.2, 0.25) is 0 Å². The van der Waals surface area contributed by atoms with Crippen LogP contribution in [0.5, 0.6) is 0 Å². The van der Waals surface area contributed by atoms with Crippen LogP contribution in [0.25, 0.3) is 0 Å². The molecule has 1 aromatic heterocycles. The molecule has 80 valence electrons. The lowest BCUT2D eigenvalue weighted by Crippen LogP contribution is -2.33. The standard InChI is InChI=1S/C11H16N4/c12-11(15-10-1-2-10)14-8-5-9-3-6-13-7-4-9/h3-4,6-7,10H,1-2,5,8H2,(H3,12,14,15). The molecule has 15 heavy (non-hydrogen) atoms. The van der Waals surface area contributed by atoms with Gasteiger partial charge in [-0.15, -0.1) is 0 Å². The van der Waals surface area contributed by atoms with Crippen LogP contribution < -0.4 is 11.1 Å². The molecule has 0 unspecified atom stereocenters. The molecule has 0 aromatic carbocycles. The highest BCUT2D eigenvalue weighted by Gasteiger charge is 2.21. The third kappa shape index (κ3) is 3.58. The molecule has 4 heteroatoms. The Kier molecular flexibility index (Phi) is 3.17. The molecule has 0 aliphatic heterocycles. The molecule has 2 rings (SSSR count). The molecule has 1 fully saturated rings. The van der Waals surface area contributed by atoms with E-state index in [0.717, 1.165) is 13.0 Å². The average Bonchev–Trinajstić information content (AvgIpc) is 3.03. The number of rotatable bonds is 4. The lowest BCUT2D eigenvalue weighted by Gasteiger charge is -2.02. The van der Waals surface area contributed by atoms with Crippen LogP contribution in [0.1, 0.15) is 18.4 Å². The van der Waals surface area contributed by atoms with Crippen molar-refractivity contribution >= 4 is 5.96 Å². The third-order valence-electron chi connectivity index (χ3n) is 2.36. The summed E-state index contributed by atoms with van der Waals surface area (Å²) in [5, 5.41) is 3.16. The second kappa shape index (κ2) is 4.77. The van der Waals surface area contributed by atoms with Crippen molar-refractivity contribution in [1.29, 1.82) is 0 Å². The van der Waals surface area contributed by atoms with Gasteiger partial charge in [0.2, 0.25) is 0 Å². The Hall–Kier alpha value is -1.58. The fourth-order valence-electron chi connectivity index (χ4n) is 1.34. The number of pyridine rings is 1. The fraction of sp³-hybridized carbons (Fsp3) is 0.455. The van der Waals surface area contributed by atoms with Crippen molar-refractivity contribution < 1.29 is 0 Å². The quantitative estimate of drug-likeness (QED) is 0.560. The summed E-state index contributed by atoms with van der Waals surface area (Å²) in [4.78, 5) is 8.23. The van der Waals surface area contributed by atoms with E-state index in [4.69, 9.17) is 5.73 Å².